The standard InChI is InChI=1S/C9H13N5O/c10-9(15)7-2-4-14(7)8-5-6(13-11)1-3-12-8/h1,3,5,7H,2,4,11H2,(H2,10,15)(H,12,13). The molecule has 1 fully saturated rings. The van der Waals surface area contributed by atoms with E-state index in [0.717, 1.165) is 24.5 Å². The van der Waals surface area contributed by atoms with Gasteiger partial charge in [0.05, 0.1) is 5.69 Å². The Labute approximate surface area is 87.2 Å². The average Bonchev–Trinajstić information content (AvgIpc) is 2.15. The SMILES string of the molecule is NNc1ccnc(N2CCC2C(N)=O)c1. The summed E-state index contributed by atoms with van der Waals surface area (Å²) >= 11 is 0. The number of nitrogens with one attached hydrogen (secondary N) is 1. The van der Waals surface area contributed by atoms with Gasteiger partial charge in [-0.3, -0.25) is 10.6 Å². The van der Waals surface area contributed by atoms with E-state index in [2.05, 4.69) is 10.4 Å². The first-order valence-electron chi connectivity index (χ1n) is 4.71. The lowest BCUT2D eigenvalue weighted by molar-refractivity contribution is -0.120. The lowest BCUT2D eigenvalue weighted by Gasteiger charge is -2.39. The second-order valence-electron chi connectivity index (χ2n) is 3.45. The summed E-state index contributed by atoms with van der Waals surface area (Å²) in [6.45, 7) is 0.800. The van der Waals surface area contributed by atoms with Crippen LogP contribution in [-0.4, -0.2) is 23.5 Å². The highest BCUT2D eigenvalue weighted by molar-refractivity contribution is 5.85. The van der Waals surface area contributed by atoms with E-state index in [1.54, 1.807) is 18.3 Å². The third kappa shape index (κ3) is 1.71. The molecule has 6 heteroatoms. The number of nitrogens with zero attached hydrogens (tertiary/aromatic N) is 2. The van der Waals surface area contributed by atoms with Gasteiger partial charge in [-0.25, -0.2) is 4.98 Å². The van der Waals surface area contributed by atoms with Crippen LogP contribution in [0.5, 0.6) is 0 Å². The highest BCUT2D eigenvalue weighted by Gasteiger charge is 2.33. The minimum absolute atomic E-state index is 0.231. The molecule has 1 amide bonds. The van der Waals surface area contributed by atoms with Gasteiger partial charge in [0.1, 0.15) is 11.9 Å². The maximum Gasteiger partial charge on any atom is 0.240 e. The number of amides is 1. The van der Waals surface area contributed by atoms with Crippen LogP contribution in [0.25, 0.3) is 0 Å². The molecule has 1 unspecified atom stereocenters. The van der Waals surface area contributed by atoms with Crippen molar-refractivity contribution in [1.82, 2.24) is 4.98 Å². The van der Waals surface area contributed by atoms with Gasteiger partial charge >= 0.3 is 0 Å². The van der Waals surface area contributed by atoms with Gasteiger partial charge in [-0.05, 0) is 12.5 Å². The summed E-state index contributed by atoms with van der Waals surface area (Å²) in [7, 11) is 0. The Bertz CT molecular complexity index is 381. The molecule has 2 rings (SSSR count). The first-order valence-corrected chi connectivity index (χ1v) is 4.71. The first kappa shape index (κ1) is 9.72. The molecule has 15 heavy (non-hydrogen) atoms. The molecule has 2 heterocycles. The second-order valence-corrected chi connectivity index (χ2v) is 3.45. The van der Waals surface area contributed by atoms with E-state index in [1.807, 2.05) is 4.90 Å². The Hall–Kier alpha value is -1.82. The van der Waals surface area contributed by atoms with Gasteiger partial charge in [0.2, 0.25) is 5.91 Å². The Morgan fingerprint density at radius 2 is 2.47 bits per heavy atom. The van der Waals surface area contributed by atoms with E-state index < -0.39 is 0 Å². The van der Waals surface area contributed by atoms with Crippen LogP contribution < -0.4 is 21.9 Å². The molecule has 0 bridgehead atoms. The van der Waals surface area contributed by atoms with Crippen molar-refractivity contribution in [2.24, 2.45) is 11.6 Å². The molecule has 0 aromatic carbocycles. The zero-order valence-electron chi connectivity index (χ0n) is 8.18. The minimum atomic E-state index is -0.311. The summed E-state index contributed by atoms with van der Waals surface area (Å²) < 4.78 is 0. The average molecular weight is 207 g/mol. The second kappa shape index (κ2) is 3.74. The van der Waals surface area contributed by atoms with Crippen molar-refractivity contribution in [2.75, 3.05) is 16.9 Å². The van der Waals surface area contributed by atoms with Crippen molar-refractivity contribution >= 4 is 17.4 Å². The molecule has 0 spiro atoms. The van der Waals surface area contributed by atoms with Gasteiger partial charge in [0.15, 0.2) is 0 Å². The number of rotatable bonds is 3. The number of aromatic nitrogens is 1. The molecule has 0 saturated carbocycles. The van der Waals surface area contributed by atoms with Gasteiger partial charge in [-0.1, -0.05) is 0 Å². The third-order valence-corrected chi connectivity index (χ3v) is 2.55. The van der Waals surface area contributed by atoms with Crippen LogP contribution in [0.4, 0.5) is 11.5 Å². The zero-order valence-corrected chi connectivity index (χ0v) is 8.18. The third-order valence-electron chi connectivity index (χ3n) is 2.55. The molecular weight excluding hydrogens is 194 g/mol. The van der Waals surface area contributed by atoms with E-state index in [-0.39, 0.29) is 11.9 Å². The molecule has 1 aromatic heterocycles. The predicted octanol–water partition coefficient (Wildman–Crippen LogP) is -0.569. The summed E-state index contributed by atoms with van der Waals surface area (Å²) in [5, 5.41) is 0. The molecule has 5 N–H and O–H groups in total. The molecule has 1 saturated heterocycles. The molecule has 80 valence electrons. The maximum atomic E-state index is 11.0. The van der Waals surface area contributed by atoms with Crippen LogP contribution >= 0.6 is 0 Å². The quantitative estimate of drug-likeness (QED) is 0.455. The highest BCUT2D eigenvalue weighted by Crippen LogP contribution is 2.25. The van der Waals surface area contributed by atoms with Crippen molar-refractivity contribution in [2.45, 2.75) is 12.5 Å². The van der Waals surface area contributed by atoms with E-state index >= 15 is 0 Å². The fourth-order valence-corrected chi connectivity index (χ4v) is 1.62. The number of hydrogen-bond donors (Lipinski definition) is 3. The number of nitrogens with two attached hydrogens (primary N) is 2. The van der Waals surface area contributed by atoms with E-state index in [4.69, 9.17) is 11.6 Å². The smallest absolute Gasteiger partial charge is 0.240 e. The lowest BCUT2D eigenvalue weighted by atomic mass is 10.0. The summed E-state index contributed by atoms with van der Waals surface area (Å²) in [6, 6.07) is 3.31. The molecular formula is C9H13N5O. The molecule has 1 aliphatic heterocycles. The number of carbonyl (C=O) groups is 1. The lowest BCUT2D eigenvalue weighted by Crippen LogP contribution is -2.55. The largest absolute Gasteiger partial charge is 0.368 e. The van der Waals surface area contributed by atoms with Crippen molar-refractivity contribution in [1.29, 1.82) is 0 Å². The van der Waals surface area contributed by atoms with Crippen LogP contribution in [0.3, 0.4) is 0 Å². The number of anilines is 2. The highest BCUT2D eigenvalue weighted by atomic mass is 16.1. The van der Waals surface area contributed by atoms with Crippen LogP contribution in [0, 0.1) is 0 Å². The Morgan fingerprint density at radius 1 is 1.67 bits per heavy atom. The predicted molar refractivity (Wildman–Crippen MR) is 57.0 cm³/mol. The molecule has 0 aliphatic carbocycles. The Kier molecular flexibility index (Phi) is 2.42. The number of carbonyl (C=O) groups excluding carboxylic acids is 1. The van der Waals surface area contributed by atoms with Gasteiger partial charge < -0.3 is 16.1 Å². The van der Waals surface area contributed by atoms with E-state index in [0.29, 0.717) is 0 Å². The van der Waals surface area contributed by atoms with Gasteiger partial charge in [-0.15, -0.1) is 0 Å². The molecule has 1 atom stereocenters. The molecule has 6 nitrogen and oxygen atoms in total. The summed E-state index contributed by atoms with van der Waals surface area (Å²) in [4.78, 5) is 17.1. The van der Waals surface area contributed by atoms with E-state index in [9.17, 15) is 4.79 Å². The monoisotopic (exact) mass is 207 g/mol. The van der Waals surface area contributed by atoms with Crippen molar-refractivity contribution < 1.29 is 4.79 Å². The van der Waals surface area contributed by atoms with Crippen molar-refractivity contribution in [3.05, 3.63) is 18.3 Å². The fourth-order valence-electron chi connectivity index (χ4n) is 1.62. The normalized spacial score (nSPS) is 19.5. The summed E-state index contributed by atoms with van der Waals surface area (Å²) in [6.07, 6.45) is 2.43. The minimum Gasteiger partial charge on any atom is -0.368 e. The number of nitrogen functional groups attached to an aromatic ring is 1. The van der Waals surface area contributed by atoms with E-state index in [1.165, 1.54) is 0 Å². The maximum absolute atomic E-state index is 11.0. The zero-order chi connectivity index (χ0) is 10.8. The molecule has 1 aliphatic rings. The Balaban J connectivity index is 2.19. The summed E-state index contributed by atoms with van der Waals surface area (Å²) in [5.41, 5.74) is 8.54. The number of hydrazine groups is 1. The Morgan fingerprint density at radius 3 is 3.00 bits per heavy atom. The topological polar surface area (TPSA) is 97.3 Å². The van der Waals surface area contributed by atoms with Crippen LogP contribution in [0.15, 0.2) is 18.3 Å². The molecule has 0 radical (unpaired) electrons. The van der Waals surface area contributed by atoms with Gasteiger partial charge in [-0.2, -0.15) is 0 Å². The number of hydrogen-bond acceptors (Lipinski definition) is 5. The molecule has 1 aromatic rings. The number of primary amides is 1. The summed E-state index contributed by atoms with van der Waals surface area (Å²) in [5.74, 6) is 5.70. The van der Waals surface area contributed by atoms with Gasteiger partial charge in [0.25, 0.3) is 0 Å². The van der Waals surface area contributed by atoms with Crippen LogP contribution in [-0.2, 0) is 4.79 Å². The fraction of sp³-hybridized carbons (Fsp3) is 0.333. The number of pyridine rings is 1. The van der Waals surface area contributed by atoms with Gasteiger partial charge in [0, 0.05) is 18.8 Å². The van der Waals surface area contributed by atoms with Crippen LogP contribution in [0.2, 0.25) is 0 Å². The van der Waals surface area contributed by atoms with Crippen molar-refractivity contribution in [3.63, 3.8) is 0 Å². The van der Waals surface area contributed by atoms with Crippen molar-refractivity contribution in [3.8, 4) is 0 Å². The first-order chi connectivity index (χ1) is 7.22. The van der Waals surface area contributed by atoms with Crippen LogP contribution in [0.1, 0.15) is 6.42 Å².